The molecule has 1 aromatic carbocycles. The minimum Gasteiger partial charge on any atom is -0.494 e. The van der Waals surface area contributed by atoms with E-state index in [0.717, 1.165) is 4.57 Å². The molecule has 3 rings (SSSR count). The van der Waals surface area contributed by atoms with Crippen LogP contribution in [0.15, 0.2) is 33.6 Å². The molecule has 0 saturated heterocycles. The maximum absolute atomic E-state index is 12.9. The maximum atomic E-state index is 12.9. The summed E-state index contributed by atoms with van der Waals surface area (Å²) in [5.41, 5.74) is -0.409. The van der Waals surface area contributed by atoms with Gasteiger partial charge in [0.05, 0.1) is 13.2 Å². The zero-order valence-corrected chi connectivity index (χ0v) is 16.2. The van der Waals surface area contributed by atoms with Crippen molar-refractivity contribution in [2.45, 2.75) is 27.3 Å². The predicted molar refractivity (Wildman–Crippen MR) is 103 cm³/mol. The van der Waals surface area contributed by atoms with Gasteiger partial charge in [-0.05, 0) is 45.0 Å². The van der Waals surface area contributed by atoms with Crippen molar-refractivity contribution in [2.75, 3.05) is 18.5 Å². The smallest absolute Gasteiger partial charge is 0.361 e. The lowest BCUT2D eigenvalue weighted by Gasteiger charge is -2.10. The number of nitrogens with one attached hydrogen (secondary N) is 1. The van der Waals surface area contributed by atoms with E-state index < -0.39 is 17.4 Å². The second kappa shape index (κ2) is 8.55. The fraction of sp³-hybridized carbons (Fsp3) is 0.316. The van der Waals surface area contributed by atoms with Gasteiger partial charge in [-0.25, -0.2) is 4.79 Å². The summed E-state index contributed by atoms with van der Waals surface area (Å²) < 4.78 is 16.4. The number of carbonyl (C=O) groups is 2. The Morgan fingerprint density at radius 1 is 1.17 bits per heavy atom. The lowest BCUT2D eigenvalue weighted by Crippen LogP contribution is -2.30. The summed E-state index contributed by atoms with van der Waals surface area (Å²) in [6.07, 6.45) is 0. The molecule has 0 aliphatic carbocycles. The highest BCUT2D eigenvalue weighted by atomic mass is 16.5. The third kappa shape index (κ3) is 4.26. The molecular weight excluding hydrogens is 380 g/mol. The van der Waals surface area contributed by atoms with Gasteiger partial charge in [-0.2, -0.15) is 4.98 Å². The molecule has 152 valence electrons. The summed E-state index contributed by atoms with van der Waals surface area (Å²) >= 11 is 0. The monoisotopic (exact) mass is 400 g/mol. The van der Waals surface area contributed by atoms with E-state index in [1.165, 1.54) is 0 Å². The van der Waals surface area contributed by atoms with Crippen LogP contribution in [0.25, 0.3) is 11.1 Å². The predicted octanol–water partition coefficient (Wildman–Crippen LogP) is 1.91. The van der Waals surface area contributed by atoms with Crippen molar-refractivity contribution in [1.29, 1.82) is 0 Å². The van der Waals surface area contributed by atoms with Gasteiger partial charge < -0.3 is 19.3 Å². The Bertz CT molecular complexity index is 1100. The van der Waals surface area contributed by atoms with Crippen molar-refractivity contribution in [3.8, 4) is 5.75 Å². The molecule has 3 aromatic rings. The van der Waals surface area contributed by atoms with Gasteiger partial charge in [0, 0.05) is 5.69 Å². The van der Waals surface area contributed by atoms with Crippen molar-refractivity contribution in [1.82, 2.24) is 14.7 Å². The van der Waals surface area contributed by atoms with E-state index in [-0.39, 0.29) is 35.8 Å². The number of ether oxygens (including phenoxy) is 2. The topological polar surface area (TPSA) is 126 Å². The second-order valence-electron chi connectivity index (χ2n) is 5.99. The lowest BCUT2D eigenvalue weighted by molar-refractivity contribution is -0.116. The van der Waals surface area contributed by atoms with Gasteiger partial charge in [-0.15, -0.1) is 0 Å². The van der Waals surface area contributed by atoms with E-state index in [2.05, 4.69) is 15.5 Å². The maximum Gasteiger partial charge on any atom is 0.361 e. The molecule has 10 nitrogen and oxygen atoms in total. The number of hydrogen-bond donors (Lipinski definition) is 1. The number of nitrogens with zero attached hydrogens (tertiary/aromatic N) is 3. The minimum atomic E-state index is -0.792. The average molecular weight is 400 g/mol. The van der Waals surface area contributed by atoms with Crippen molar-refractivity contribution >= 4 is 28.7 Å². The van der Waals surface area contributed by atoms with Gasteiger partial charge in [0.15, 0.2) is 0 Å². The first-order valence-electron chi connectivity index (χ1n) is 9.01. The zero-order chi connectivity index (χ0) is 21.0. The fourth-order valence-electron chi connectivity index (χ4n) is 2.71. The molecule has 0 aliphatic heterocycles. The van der Waals surface area contributed by atoms with Crippen molar-refractivity contribution in [3.05, 3.63) is 46.1 Å². The molecule has 0 saturated carbocycles. The summed E-state index contributed by atoms with van der Waals surface area (Å²) in [5, 5.41) is 6.17. The molecule has 0 aliphatic rings. The van der Waals surface area contributed by atoms with E-state index in [0.29, 0.717) is 18.0 Å². The molecular formula is C19H20N4O6. The average Bonchev–Trinajstić information content (AvgIpc) is 3.11. The quantitative estimate of drug-likeness (QED) is 0.596. The van der Waals surface area contributed by atoms with Crippen LogP contribution < -0.4 is 15.6 Å². The summed E-state index contributed by atoms with van der Waals surface area (Å²) in [6, 6.07) is 6.84. The largest absolute Gasteiger partial charge is 0.494 e. The summed E-state index contributed by atoms with van der Waals surface area (Å²) in [6.45, 7) is 5.42. The molecule has 0 spiro atoms. The van der Waals surface area contributed by atoms with E-state index >= 15 is 0 Å². The Balaban J connectivity index is 1.85. The van der Waals surface area contributed by atoms with Gasteiger partial charge in [-0.3, -0.25) is 14.2 Å². The normalized spacial score (nSPS) is 10.7. The van der Waals surface area contributed by atoms with Gasteiger partial charge >= 0.3 is 5.97 Å². The Labute approximate surface area is 165 Å². The standard InChI is InChI=1S/C19H20N4O6/c1-4-27-13-8-6-12(7-9-13)21-14(24)10-23-11(3)20-17-15(18(23)25)16(22-29-17)19(26)28-5-2/h6-9H,4-5,10H2,1-3H3,(H,21,24). The van der Waals surface area contributed by atoms with E-state index in [4.69, 9.17) is 14.0 Å². The summed E-state index contributed by atoms with van der Waals surface area (Å²) in [7, 11) is 0. The number of esters is 1. The van der Waals surface area contributed by atoms with Gasteiger partial charge in [0.2, 0.25) is 11.6 Å². The minimum absolute atomic E-state index is 0.0845. The van der Waals surface area contributed by atoms with E-state index in [1.54, 1.807) is 38.1 Å². The van der Waals surface area contributed by atoms with Crippen LogP contribution in [0.1, 0.15) is 30.2 Å². The first-order valence-corrected chi connectivity index (χ1v) is 9.01. The highest BCUT2D eigenvalue weighted by molar-refractivity contribution is 6.00. The number of benzene rings is 1. The Kier molecular flexibility index (Phi) is 5.91. The Morgan fingerprint density at radius 2 is 1.90 bits per heavy atom. The third-order valence-corrected chi connectivity index (χ3v) is 4.01. The SMILES string of the molecule is CCOC(=O)c1noc2nc(C)n(CC(=O)Nc3ccc(OCC)cc3)c(=O)c12. The number of fused-ring (bicyclic) bond motifs is 1. The van der Waals surface area contributed by atoms with Crippen LogP contribution >= 0.6 is 0 Å². The highest BCUT2D eigenvalue weighted by Crippen LogP contribution is 2.16. The van der Waals surface area contributed by atoms with Crippen LogP contribution in [-0.2, 0) is 16.1 Å². The molecule has 1 amide bonds. The van der Waals surface area contributed by atoms with Crippen molar-refractivity contribution < 1.29 is 23.6 Å². The Morgan fingerprint density at radius 3 is 2.55 bits per heavy atom. The first-order chi connectivity index (χ1) is 13.9. The highest BCUT2D eigenvalue weighted by Gasteiger charge is 2.24. The summed E-state index contributed by atoms with van der Waals surface area (Å²) in [5.74, 6) is -0.295. The number of hydrogen-bond acceptors (Lipinski definition) is 8. The number of amides is 1. The molecule has 2 aromatic heterocycles. The molecule has 1 N–H and O–H groups in total. The van der Waals surface area contributed by atoms with Crippen LogP contribution in [0, 0.1) is 6.92 Å². The van der Waals surface area contributed by atoms with E-state index in [9.17, 15) is 14.4 Å². The molecule has 0 atom stereocenters. The first kappa shape index (κ1) is 20.1. The van der Waals surface area contributed by atoms with Gasteiger partial charge in [-0.1, -0.05) is 5.16 Å². The molecule has 10 heteroatoms. The zero-order valence-electron chi connectivity index (χ0n) is 16.2. The number of carbonyl (C=O) groups excluding carboxylic acids is 2. The van der Waals surface area contributed by atoms with Gasteiger partial charge in [0.25, 0.3) is 11.3 Å². The number of anilines is 1. The van der Waals surface area contributed by atoms with Crippen molar-refractivity contribution in [3.63, 3.8) is 0 Å². The number of aromatic nitrogens is 3. The van der Waals surface area contributed by atoms with Crippen LogP contribution in [0.3, 0.4) is 0 Å². The molecule has 2 heterocycles. The summed E-state index contributed by atoms with van der Waals surface area (Å²) in [4.78, 5) is 41.4. The third-order valence-electron chi connectivity index (χ3n) is 4.01. The van der Waals surface area contributed by atoms with Crippen molar-refractivity contribution in [2.24, 2.45) is 0 Å². The molecule has 0 unspecified atom stereocenters. The van der Waals surface area contributed by atoms with Crippen LogP contribution in [0.2, 0.25) is 0 Å². The molecule has 29 heavy (non-hydrogen) atoms. The van der Waals surface area contributed by atoms with E-state index in [1.807, 2.05) is 6.92 Å². The molecule has 0 radical (unpaired) electrons. The number of rotatable bonds is 7. The lowest BCUT2D eigenvalue weighted by atomic mass is 10.3. The van der Waals surface area contributed by atoms with Crippen LogP contribution in [0.5, 0.6) is 5.75 Å². The van der Waals surface area contributed by atoms with Crippen LogP contribution in [0.4, 0.5) is 5.69 Å². The van der Waals surface area contributed by atoms with Gasteiger partial charge in [0.1, 0.15) is 23.5 Å². The molecule has 0 fully saturated rings. The van der Waals surface area contributed by atoms with Crippen LogP contribution in [-0.4, -0.2) is 39.8 Å². The second-order valence-corrected chi connectivity index (χ2v) is 5.99. The number of aryl methyl sites for hydroxylation is 1. The molecule has 0 bridgehead atoms. The fourth-order valence-corrected chi connectivity index (χ4v) is 2.71. The Hall–Kier alpha value is -3.69.